The van der Waals surface area contributed by atoms with E-state index in [1.165, 1.54) is 45.9 Å². The largest absolute Gasteiger partial charge is 0.354 e. The van der Waals surface area contributed by atoms with Gasteiger partial charge in [-0.25, -0.2) is 21.6 Å². The van der Waals surface area contributed by atoms with Gasteiger partial charge in [-0.2, -0.15) is 4.72 Å². The van der Waals surface area contributed by atoms with E-state index in [0.29, 0.717) is 24.3 Å². The van der Waals surface area contributed by atoms with Crippen LogP contribution in [0.15, 0.2) is 131 Å². The van der Waals surface area contributed by atoms with Gasteiger partial charge in [0.05, 0.1) is 15.8 Å². The molecular formula is C34H38N4O6S4. The Kier molecular flexibility index (Phi) is 14.5. The molecule has 2 amide bonds. The first-order valence-electron chi connectivity index (χ1n) is 15.2. The molecule has 14 heteroatoms. The Bertz CT molecular complexity index is 1800. The zero-order chi connectivity index (χ0) is 34.2. The lowest BCUT2D eigenvalue weighted by molar-refractivity contribution is -0.122. The fourth-order valence-electron chi connectivity index (χ4n) is 4.50. The first-order valence-corrected chi connectivity index (χ1v) is 20.6. The third-order valence-corrected chi connectivity index (χ3v) is 12.4. The highest BCUT2D eigenvalue weighted by Crippen LogP contribution is 2.24. The highest BCUT2D eigenvalue weighted by Gasteiger charge is 2.26. The molecule has 2 atom stereocenters. The molecule has 254 valence electrons. The van der Waals surface area contributed by atoms with Crippen molar-refractivity contribution in [2.75, 3.05) is 24.6 Å². The fraction of sp³-hybridized carbons (Fsp3) is 0.235. The van der Waals surface area contributed by atoms with Crippen LogP contribution in [0.3, 0.4) is 0 Å². The van der Waals surface area contributed by atoms with Crippen molar-refractivity contribution in [1.82, 2.24) is 20.1 Å². The number of hydrogen-bond acceptors (Lipinski definition) is 8. The van der Waals surface area contributed by atoms with Gasteiger partial charge in [0, 0.05) is 31.0 Å². The van der Waals surface area contributed by atoms with Crippen LogP contribution in [0.1, 0.15) is 23.6 Å². The number of hydrogen-bond donors (Lipinski definition) is 4. The Labute approximate surface area is 290 Å². The Morgan fingerprint density at radius 1 is 0.625 bits per heavy atom. The standard InChI is InChI=1S/C34H38N4O6S4/c39-33(36-25-31(28-15-7-2-8-16-28)37-47(41,42)29-17-9-3-10-18-29)22-24-45-46-26-32(38-48(43,44)30-19-11-4-12-20-30)34(40)35-23-21-27-13-5-1-6-14-27/h1-20,31-32,37-38H,21-26H2,(H,35,40)(H,36,39). The number of carbonyl (C=O) groups excluding carboxylic acids is 2. The molecule has 4 aromatic carbocycles. The van der Waals surface area contributed by atoms with Crippen molar-refractivity contribution in [3.63, 3.8) is 0 Å². The van der Waals surface area contributed by atoms with Gasteiger partial charge in [-0.1, -0.05) is 119 Å². The molecule has 0 bridgehead atoms. The van der Waals surface area contributed by atoms with Gasteiger partial charge >= 0.3 is 0 Å². The lowest BCUT2D eigenvalue weighted by Gasteiger charge is -2.20. The quantitative estimate of drug-likeness (QED) is 0.0826. The third-order valence-electron chi connectivity index (χ3n) is 7.01. The molecule has 0 spiro atoms. The zero-order valence-electron chi connectivity index (χ0n) is 26.0. The summed E-state index contributed by atoms with van der Waals surface area (Å²) in [7, 11) is -5.17. The molecule has 2 unspecified atom stereocenters. The highest BCUT2D eigenvalue weighted by atomic mass is 33.1. The van der Waals surface area contributed by atoms with Gasteiger partial charge in [0.25, 0.3) is 0 Å². The summed E-state index contributed by atoms with van der Waals surface area (Å²) < 4.78 is 57.2. The van der Waals surface area contributed by atoms with Crippen molar-refractivity contribution in [2.45, 2.75) is 34.7 Å². The van der Waals surface area contributed by atoms with Crippen LogP contribution >= 0.6 is 21.6 Å². The number of carbonyl (C=O) groups is 2. The minimum atomic E-state index is -3.95. The van der Waals surface area contributed by atoms with E-state index in [1.54, 1.807) is 60.7 Å². The smallest absolute Gasteiger partial charge is 0.241 e. The SMILES string of the molecule is O=C(CCSSCC(NS(=O)(=O)c1ccccc1)C(=O)NCCc1ccccc1)NCC(NS(=O)(=O)c1ccccc1)c1ccccc1. The lowest BCUT2D eigenvalue weighted by atomic mass is 10.1. The molecule has 10 nitrogen and oxygen atoms in total. The van der Waals surface area contributed by atoms with E-state index >= 15 is 0 Å². The van der Waals surface area contributed by atoms with E-state index < -0.39 is 38.0 Å². The van der Waals surface area contributed by atoms with Crippen LogP contribution < -0.4 is 20.1 Å². The second-order valence-electron chi connectivity index (χ2n) is 10.6. The van der Waals surface area contributed by atoms with Crippen LogP contribution in [0.25, 0.3) is 0 Å². The second kappa shape index (κ2) is 18.8. The molecular weight excluding hydrogens is 689 g/mol. The van der Waals surface area contributed by atoms with Crippen LogP contribution in [0, 0.1) is 0 Å². The summed E-state index contributed by atoms with van der Waals surface area (Å²) in [5.74, 6) is -0.202. The van der Waals surface area contributed by atoms with E-state index in [9.17, 15) is 26.4 Å². The molecule has 0 aliphatic carbocycles. The number of rotatable bonds is 19. The number of sulfonamides is 2. The average Bonchev–Trinajstić information content (AvgIpc) is 3.11. The minimum Gasteiger partial charge on any atom is -0.354 e. The molecule has 0 heterocycles. The molecule has 4 rings (SSSR count). The Hall–Kier alpha value is -3.66. The maximum absolute atomic E-state index is 13.1. The molecule has 0 radical (unpaired) electrons. The topological polar surface area (TPSA) is 151 Å². The molecule has 0 saturated carbocycles. The number of benzene rings is 4. The van der Waals surface area contributed by atoms with Crippen LogP contribution in [0.2, 0.25) is 0 Å². The van der Waals surface area contributed by atoms with Gasteiger partial charge in [0.1, 0.15) is 6.04 Å². The predicted octanol–water partition coefficient (Wildman–Crippen LogP) is 4.30. The molecule has 4 N–H and O–H groups in total. The van der Waals surface area contributed by atoms with Crippen LogP contribution in [-0.4, -0.2) is 59.3 Å². The van der Waals surface area contributed by atoms with Crippen molar-refractivity contribution in [3.05, 3.63) is 132 Å². The van der Waals surface area contributed by atoms with Gasteiger partial charge in [-0.05, 0) is 41.8 Å². The Balaban J connectivity index is 1.28. The van der Waals surface area contributed by atoms with E-state index in [4.69, 9.17) is 0 Å². The minimum absolute atomic E-state index is 0.0409. The molecule has 0 aromatic heterocycles. The van der Waals surface area contributed by atoms with Gasteiger partial charge in [0.2, 0.25) is 31.9 Å². The summed E-state index contributed by atoms with van der Waals surface area (Å²) in [5, 5.41) is 5.65. The first kappa shape index (κ1) is 37.2. The van der Waals surface area contributed by atoms with Gasteiger partial charge in [0.15, 0.2) is 0 Å². The summed E-state index contributed by atoms with van der Waals surface area (Å²) in [4.78, 5) is 26.0. The monoisotopic (exact) mass is 726 g/mol. The molecule has 48 heavy (non-hydrogen) atoms. The lowest BCUT2D eigenvalue weighted by Crippen LogP contribution is -2.48. The Morgan fingerprint density at radius 3 is 1.73 bits per heavy atom. The first-order chi connectivity index (χ1) is 23.1. The average molecular weight is 727 g/mol. The van der Waals surface area contributed by atoms with Crippen molar-refractivity contribution in [3.8, 4) is 0 Å². The molecule has 0 aliphatic heterocycles. The Morgan fingerprint density at radius 2 is 1.15 bits per heavy atom. The molecule has 0 saturated heterocycles. The fourth-order valence-corrected chi connectivity index (χ4v) is 9.22. The van der Waals surface area contributed by atoms with Crippen molar-refractivity contribution < 1.29 is 26.4 Å². The maximum Gasteiger partial charge on any atom is 0.241 e. The van der Waals surface area contributed by atoms with E-state index in [0.717, 1.165) is 5.56 Å². The second-order valence-corrected chi connectivity index (χ2v) is 16.6. The number of amides is 2. The van der Waals surface area contributed by atoms with Gasteiger partial charge in [-0.3, -0.25) is 9.59 Å². The van der Waals surface area contributed by atoms with E-state index in [-0.39, 0.29) is 34.4 Å². The van der Waals surface area contributed by atoms with Gasteiger partial charge in [-0.15, -0.1) is 0 Å². The summed E-state index contributed by atoms with van der Waals surface area (Å²) in [6.45, 7) is 0.384. The summed E-state index contributed by atoms with van der Waals surface area (Å²) in [6.07, 6.45) is 0.731. The number of nitrogens with one attached hydrogen (secondary N) is 4. The summed E-state index contributed by atoms with van der Waals surface area (Å²) in [5.41, 5.74) is 1.75. The highest BCUT2D eigenvalue weighted by molar-refractivity contribution is 8.76. The van der Waals surface area contributed by atoms with E-state index in [1.807, 2.05) is 36.4 Å². The zero-order valence-corrected chi connectivity index (χ0v) is 29.3. The van der Waals surface area contributed by atoms with Crippen molar-refractivity contribution in [1.29, 1.82) is 0 Å². The van der Waals surface area contributed by atoms with Crippen LogP contribution in [0.4, 0.5) is 0 Å². The van der Waals surface area contributed by atoms with Crippen LogP contribution in [0.5, 0.6) is 0 Å². The molecule has 4 aromatic rings. The normalized spacial score (nSPS) is 12.9. The van der Waals surface area contributed by atoms with Crippen molar-refractivity contribution in [2.24, 2.45) is 0 Å². The predicted molar refractivity (Wildman–Crippen MR) is 192 cm³/mol. The van der Waals surface area contributed by atoms with E-state index in [2.05, 4.69) is 20.1 Å². The van der Waals surface area contributed by atoms with Crippen molar-refractivity contribution >= 4 is 53.4 Å². The third kappa shape index (κ3) is 12.1. The maximum atomic E-state index is 13.1. The van der Waals surface area contributed by atoms with Crippen LogP contribution in [-0.2, 0) is 36.1 Å². The molecule has 0 aliphatic rings. The summed E-state index contributed by atoms with van der Waals surface area (Å²) >= 11 is 0. The molecule has 0 fully saturated rings. The summed E-state index contributed by atoms with van der Waals surface area (Å²) in [6, 6.07) is 32.8. The van der Waals surface area contributed by atoms with Gasteiger partial charge < -0.3 is 10.6 Å².